The minimum Gasteiger partial charge on any atom is -0.504 e. The second-order valence-corrected chi connectivity index (χ2v) is 4.23. The lowest BCUT2D eigenvalue weighted by Gasteiger charge is -2.09. The van der Waals surface area contributed by atoms with Crippen molar-refractivity contribution in [3.63, 3.8) is 0 Å². The molecule has 0 fully saturated rings. The summed E-state index contributed by atoms with van der Waals surface area (Å²) in [5, 5.41) is 38.1. The van der Waals surface area contributed by atoms with Gasteiger partial charge in [0.25, 0.3) is 0 Å². The number of ether oxygens (including phenoxy) is 1. The molecule has 0 radical (unpaired) electrons. The maximum Gasteiger partial charge on any atom is 0.335 e. The highest BCUT2D eigenvalue weighted by atomic mass is 16.5. The fourth-order valence-corrected chi connectivity index (χ4v) is 1.97. The molecule has 0 saturated heterocycles. The Kier molecular flexibility index (Phi) is 3.58. The van der Waals surface area contributed by atoms with Crippen LogP contribution in [0.25, 0.3) is 10.8 Å². The number of carboxylic acid groups (broad SMARTS) is 1. The Hall–Kier alpha value is -2.96. The van der Waals surface area contributed by atoms with Gasteiger partial charge in [0.05, 0.1) is 17.6 Å². The van der Waals surface area contributed by atoms with Crippen LogP contribution in [0, 0.1) is 0 Å². The van der Waals surface area contributed by atoms with Crippen molar-refractivity contribution in [2.24, 2.45) is 0 Å². The highest BCUT2D eigenvalue weighted by Gasteiger charge is 2.18. The number of aromatic hydroxyl groups is 3. The van der Waals surface area contributed by atoms with Crippen LogP contribution in [0.1, 0.15) is 17.3 Å². The minimum absolute atomic E-state index is 0.0313. The molecule has 7 heteroatoms. The van der Waals surface area contributed by atoms with Crippen LogP contribution in [-0.4, -0.2) is 33.0 Å². The molecule has 4 N–H and O–H groups in total. The topological polar surface area (TPSA) is 124 Å². The molecule has 2 rings (SSSR count). The predicted octanol–water partition coefficient (Wildman–Crippen LogP) is 1.41. The van der Waals surface area contributed by atoms with Crippen molar-refractivity contribution in [1.29, 1.82) is 0 Å². The molecule has 0 saturated carbocycles. The van der Waals surface area contributed by atoms with Crippen molar-refractivity contribution >= 4 is 16.7 Å². The Labute approximate surface area is 118 Å². The third kappa shape index (κ3) is 2.40. The van der Waals surface area contributed by atoms with Gasteiger partial charge in [0.1, 0.15) is 0 Å². The van der Waals surface area contributed by atoms with Crippen molar-refractivity contribution in [2.45, 2.75) is 6.92 Å². The van der Waals surface area contributed by atoms with Crippen LogP contribution < -0.4 is 10.2 Å². The Morgan fingerprint density at radius 1 is 1.14 bits per heavy atom. The molecule has 7 nitrogen and oxygen atoms in total. The zero-order valence-electron chi connectivity index (χ0n) is 11.0. The highest BCUT2D eigenvalue weighted by Crippen LogP contribution is 2.41. The van der Waals surface area contributed by atoms with Crippen molar-refractivity contribution in [3.05, 3.63) is 34.0 Å². The number of phenolic OH excluding ortho intramolecular Hbond substituents is 2. The minimum atomic E-state index is -1.37. The van der Waals surface area contributed by atoms with E-state index in [0.29, 0.717) is 0 Å². The van der Waals surface area contributed by atoms with E-state index in [-0.39, 0.29) is 28.7 Å². The highest BCUT2D eigenvalue weighted by molar-refractivity contribution is 5.97. The number of aromatic carboxylic acids is 1. The van der Waals surface area contributed by atoms with E-state index in [0.717, 1.165) is 18.2 Å². The third-order valence-electron chi connectivity index (χ3n) is 2.86. The van der Waals surface area contributed by atoms with Crippen LogP contribution in [-0.2, 0) is 0 Å². The maximum absolute atomic E-state index is 12.1. The first-order valence-electron chi connectivity index (χ1n) is 5.98. The lowest BCUT2D eigenvalue weighted by Crippen LogP contribution is -2.00. The Morgan fingerprint density at radius 3 is 2.38 bits per heavy atom. The van der Waals surface area contributed by atoms with Gasteiger partial charge in [-0.1, -0.05) is 0 Å². The second-order valence-electron chi connectivity index (χ2n) is 4.23. The molecule has 2 aromatic carbocycles. The van der Waals surface area contributed by atoms with Crippen molar-refractivity contribution < 1.29 is 30.0 Å². The van der Waals surface area contributed by atoms with E-state index in [1.807, 2.05) is 0 Å². The van der Waals surface area contributed by atoms with Gasteiger partial charge in [0, 0.05) is 0 Å². The average molecular weight is 292 g/mol. The molecular formula is C14H12O7. The summed E-state index contributed by atoms with van der Waals surface area (Å²) in [4.78, 5) is 23.1. The molecule has 21 heavy (non-hydrogen) atoms. The SMILES string of the molecule is CCOc1c(O)cc2cc(C(=O)O)cc(O)c(=O)c2c1O. The number of carbonyl (C=O) groups is 1. The van der Waals surface area contributed by atoms with E-state index in [1.165, 1.54) is 0 Å². The molecule has 0 aliphatic heterocycles. The van der Waals surface area contributed by atoms with Crippen molar-refractivity contribution in [2.75, 3.05) is 6.61 Å². The fraction of sp³-hybridized carbons (Fsp3) is 0.143. The van der Waals surface area contributed by atoms with Gasteiger partial charge in [-0.15, -0.1) is 0 Å². The van der Waals surface area contributed by atoms with Gasteiger partial charge in [-0.25, -0.2) is 4.79 Å². The number of carboxylic acids is 1. The van der Waals surface area contributed by atoms with Crippen LogP contribution in [0.5, 0.6) is 23.0 Å². The molecule has 0 spiro atoms. The first-order chi connectivity index (χ1) is 9.86. The van der Waals surface area contributed by atoms with Gasteiger partial charge < -0.3 is 25.2 Å². The number of fused-ring (bicyclic) bond motifs is 1. The molecule has 0 heterocycles. The summed E-state index contributed by atoms with van der Waals surface area (Å²) in [5.41, 5.74) is -1.32. The number of phenols is 2. The number of hydrogen-bond acceptors (Lipinski definition) is 6. The lowest BCUT2D eigenvalue weighted by molar-refractivity contribution is 0.0696. The monoisotopic (exact) mass is 292 g/mol. The van der Waals surface area contributed by atoms with Gasteiger partial charge in [-0.3, -0.25) is 4.79 Å². The van der Waals surface area contributed by atoms with Crippen LogP contribution in [0.4, 0.5) is 0 Å². The average Bonchev–Trinajstić information content (AvgIpc) is 2.53. The number of rotatable bonds is 3. The Balaban J connectivity index is 3.01. The second kappa shape index (κ2) is 5.20. The summed E-state index contributed by atoms with van der Waals surface area (Å²) in [6.45, 7) is 1.75. The molecule has 0 aliphatic rings. The molecule has 0 bridgehead atoms. The van der Waals surface area contributed by atoms with Crippen LogP contribution in [0.2, 0.25) is 0 Å². The van der Waals surface area contributed by atoms with Gasteiger partial charge in [-0.05, 0) is 30.5 Å². The van der Waals surface area contributed by atoms with Crippen molar-refractivity contribution in [3.8, 4) is 23.0 Å². The first-order valence-corrected chi connectivity index (χ1v) is 5.98. The van der Waals surface area contributed by atoms with Crippen LogP contribution in [0.15, 0.2) is 23.0 Å². The Morgan fingerprint density at radius 2 is 1.81 bits per heavy atom. The molecular weight excluding hydrogens is 280 g/mol. The van der Waals surface area contributed by atoms with Crippen LogP contribution in [0.3, 0.4) is 0 Å². The maximum atomic E-state index is 12.1. The van der Waals surface area contributed by atoms with Crippen LogP contribution >= 0.6 is 0 Å². The van der Waals surface area contributed by atoms with E-state index in [4.69, 9.17) is 9.84 Å². The quantitative estimate of drug-likeness (QED) is 0.674. The molecule has 0 aliphatic carbocycles. The normalized spacial score (nSPS) is 10.5. The molecule has 110 valence electrons. The summed E-state index contributed by atoms with van der Waals surface area (Å²) in [6, 6.07) is 2.93. The van der Waals surface area contributed by atoms with Gasteiger partial charge in [0.15, 0.2) is 17.2 Å². The summed E-state index contributed by atoms with van der Waals surface area (Å²) >= 11 is 0. The summed E-state index contributed by atoms with van der Waals surface area (Å²) in [6.07, 6.45) is 0. The van der Waals surface area contributed by atoms with E-state index in [2.05, 4.69) is 0 Å². The number of hydrogen-bond donors (Lipinski definition) is 4. The molecule has 2 aromatic rings. The number of benzene rings is 1. The standard InChI is InChI=1S/C14H12O7/c1-2-21-13-9(16)4-6-3-7(14(19)20)5-8(15)11(17)10(6)12(13)18/h3-5,16,18H,2H2,1H3,(H,15,17)(H,19,20). The Bertz CT molecular complexity index is 796. The lowest BCUT2D eigenvalue weighted by atomic mass is 10.1. The summed E-state index contributed by atoms with van der Waals surface area (Å²) in [7, 11) is 0. The first kappa shape index (κ1) is 14.4. The van der Waals surface area contributed by atoms with E-state index in [1.54, 1.807) is 6.92 Å². The fourth-order valence-electron chi connectivity index (χ4n) is 1.97. The van der Waals surface area contributed by atoms with Crippen molar-refractivity contribution in [1.82, 2.24) is 0 Å². The molecule has 0 aromatic heterocycles. The smallest absolute Gasteiger partial charge is 0.335 e. The molecule has 0 atom stereocenters. The third-order valence-corrected chi connectivity index (χ3v) is 2.86. The van der Waals surface area contributed by atoms with Gasteiger partial charge >= 0.3 is 5.97 Å². The zero-order valence-corrected chi connectivity index (χ0v) is 11.0. The largest absolute Gasteiger partial charge is 0.504 e. The zero-order chi connectivity index (χ0) is 15.7. The summed E-state index contributed by atoms with van der Waals surface area (Å²) in [5.74, 6) is -3.59. The predicted molar refractivity (Wildman–Crippen MR) is 73.3 cm³/mol. The van der Waals surface area contributed by atoms with Gasteiger partial charge in [0.2, 0.25) is 11.2 Å². The van der Waals surface area contributed by atoms with Gasteiger partial charge in [-0.2, -0.15) is 0 Å². The van der Waals surface area contributed by atoms with E-state index < -0.39 is 28.6 Å². The molecule has 0 unspecified atom stereocenters. The van der Waals surface area contributed by atoms with E-state index in [9.17, 15) is 24.9 Å². The summed E-state index contributed by atoms with van der Waals surface area (Å²) < 4.78 is 5.04. The van der Waals surface area contributed by atoms with E-state index >= 15 is 0 Å². The molecule has 0 amide bonds.